The van der Waals surface area contributed by atoms with Gasteiger partial charge in [-0.2, -0.15) is 13.2 Å². The van der Waals surface area contributed by atoms with E-state index in [9.17, 15) is 18.0 Å². The van der Waals surface area contributed by atoms with Crippen molar-refractivity contribution in [2.45, 2.75) is 6.18 Å². The van der Waals surface area contributed by atoms with Gasteiger partial charge in [-0.25, -0.2) is 0 Å². The Morgan fingerprint density at radius 2 is 2.00 bits per heavy atom. The molecule has 2 rings (SSSR count). The number of thiophene rings is 1. The lowest BCUT2D eigenvalue weighted by molar-refractivity contribution is -0.136. The van der Waals surface area contributed by atoms with Crippen molar-refractivity contribution in [2.75, 3.05) is 0 Å². The molecular weight excluding hydrogens is 305 g/mol. The summed E-state index contributed by atoms with van der Waals surface area (Å²) < 4.78 is 39.3. The summed E-state index contributed by atoms with van der Waals surface area (Å²) >= 11 is 4.02. The molecule has 0 aliphatic heterocycles. The first kappa shape index (κ1) is 11.6. The fourth-order valence-corrected chi connectivity index (χ4v) is 3.06. The second-order valence-electron chi connectivity index (χ2n) is 3.10. The first-order valence-electron chi connectivity index (χ1n) is 4.18. The summed E-state index contributed by atoms with van der Waals surface area (Å²) in [6.45, 7) is 0. The van der Waals surface area contributed by atoms with Gasteiger partial charge in [0.15, 0.2) is 6.29 Å². The van der Waals surface area contributed by atoms with Gasteiger partial charge in [-0.15, -0.1) is 11.3 Å². The number of alkyl halides is 3. The molecule has 2 aromatic rings. The minimum Gasteiger partial charge on any atom is -0.297 e. The molecule has 0 bridgehead atoms. The highest BCUT2D eigenvalue weighted by Crippen LogP contribution is 2.42. The van der Waals surface area contributed by atoms with Crippen molar-refractivity contribution in [1.29, 1.82) is 0 Å². The topological polar surface area (TPSA) is 17.1 Å². The van der Waals surface area contributed by atoms with Crippen molar-refractivity contribution in [1.82, 2.24) is 0 Å². The number of halogens is 4. The lowest BCUT2D eigenvalue weighted by Crippen LogP contribution is -2.06. The number of carbonyl (C=O) groups is 1. The van der Waals surface area contributed by atoms with Crippen molar-refractivity contribution in [3.63, 3.8) is 0 Å². The average Bonchev–Trinajstić information content (AvgIpc) is 2.54. The molecule has 6 heteroatoms. The maximum absolute atomic E-state index is 12.7. The van der Waals surface area contributed by atoms with E-state index >= 15 is 0 Å². The lowest BCUT2D eigenvalue weighted by Gasteiger charge is -2.05. The van der Waals surface area contributed by atoms with Crippen LogP contribution in [0, 0.1) is 0 Å². The molecule has 0 amide bonds. The number of hydrogen-bond acceptors (Lipinski definition) is 2. The van der Waals surface area contributed by atoms with Gasteiger partial charge in [0.1, 0.15) is 0 Å². The number of benzene rings is 1. The van der Waals surface area contributed by atoms with Crippen LogP contribution in [0.15, 0.2) is 22.7 Å². The SMILES string of the molecule is O=Cc1sc2cc(Br)ccc2c1C(F)(F)F. The summed E-state index contributed by atoms with van der Waals surface area (Å²) in [4.78, 5) is 10.4. The second-order valence-corrected chi connectivity index (χ2v) is 5.10. The standard InChI is InChI=1S/C10H4BrF3OS/c11-5-1-2-6-7(3-5)16-8(4-15)9(6)10(12,13)14/h1-4H. The molecule has 0 saturated heterocycles. The Bertz CT molecular complexity index is 559. The van der Waals surface area contributed by atoms with Crippen molar-refractivity contribution < 1.29 is 18.0 Å². The zero-order valence-electron chi connectivity index (χ0n) is 7.64. The Morgan fingerprint density at radius 1 is 1.31 bits per heavy atom. The largest absolute Gasteiger partial charge is 0.418 e. The summed E-state index contributed by atoms with van der Waals surface area (Å²) in [5.74, 6) is 0. The second kappa shape index (κ2) is 3.85. The molecule has 1 nitrogen and oxygen atoms in total. The quantitative estimate of drug-likeness (QED) is 0.709. The van der Waals surface area contributed by atoms with Crippen molar-refractivity contribution in [3.8, 4) is 0 Å². The number of rotatable bonds is 1. The van der Waals surface area contributed by atoms with Gasteiger partial charge < -0.3 is 0 Å². The Morgan fingerprint density at radius 3 is 2.56 bits per heavy atom. The maximum Gasteiger partial charge on any atom is 0.418 e. The van der Waals surface area contributed by atoms with Crippen LogP contribution in [0.2, 0.25) is 0 Å². The summed E-state index contributed by atoms with van der Waals surface area (Å²) in [6.07, 6.45) is -4.25. The lowest BCUT2D eigenvalue weighted by atomic mass is 10.1. The Labute approximate surface area is 101 Å². The molecule has 0 spiro atoms. The van der Waals surface area contributed by atoms with E-state index in [0.29, 0.717) is 9.17 Å². The van der Waals surface area contributed by atoms with Crippen LogP contribution in [0.3, 0.4) is 0 Å². The van der Waals surface area contributed by atoms with E-state index in [1.54, 1.807) is 6.07 Å². The molecule has 1 aromatic carbocycles. The molecule has 0 fully saturated rings. The molecule has 1 heterocycles. The zero-order chi connectivity index (χ0) is 11.9. The van der Waals surface area contributed by atoms with Gasteiger partial charge >= 0.3 is 6.18 Å². The number of hydrogen-bond donors (Lipinski definition) is 0. The number of aldehydes is 1. The molecule has 0 atom stereocenters. The van der Waals surface area contributed by atoms with Gasteiger partial charge in [0.05, 0.1) is 10.4 Å². The molecule has 0 unspecified atom stereocenters. The Kier molecular flexibility index (Phi) is 2.79. The van der Waals surface area contributed by atoms with Crippen LogP contribution in [0.5, 0.6) is 0 Å². The monoisotopic (exact) mass is 308 g/mol. The Hall–Kier alpha value is -0.880. The van der Waals surface area contributed by atoms with Crippen LogP contribution in [-0.2, 0) is 6.18 Å². The normalized spacial score (nSPS) is 12.0. The molecule has 0 aliphatic rings. The molecule has 16 heavy (non-hydrogen) atoms. The molecule has 0 aliphatic carbocycles. The smallest absolute Gasteiger partial charge is 0.297 e. The van der Waals surface area contributed by atoms with Crippen molar-refractivity contribution in [3.05, 3.63) is 33.1 Å². The predicted molar refractivity (Wildman–Crippen MR) is 59.9 cm³/mol. The average molecular weight is 309 g/mol. The number of carbonyl (C=O) groups excluding carboxylic acids is 1. The van der Waals surface area contributed by atoms with Crippen LogP contribution < -0.4 is 0 Å². The van der Waals surface area contributed by atoms with Gasteiger partial charge in [-0.3, -0.25) is 4.79 Å². The highest BCUT2D eigenvalue weighted by Gasteiger charge is 2.36. The first-order valence-corrected chi connectivity index (χ1v) is 5.79. The highest BCUT2D eigenvalue weighted by atomic mass is 79.9. The summed E-state index contributed by atoms with van der Waals surface area (Å²) in [6, 6.07) is 4.47. The van der Waals surface area contributed by atoms with Gasteiger partial charge in [0, 0.05) is 14.6 Å². The third-order valence-corrected chi connectivity index (χ3v) is 3.64. The molecule has 0 saturated carbocycles. The van der Waals surface area contributed by atoms with E-state index in [2.05, 4.69) is 15.9 Å². The summed E-state index contributed by atoms with van der Waals surface area (Å²) in [5, 5.41) is 0.0720. The van der Waals surface area contributed by atoms with Crippen LogP contribution >= 0.6 is 27.3 Å². The minimum atomic E-state index is -4.50. The third kappa shape index (κ3) is 1.87. The maximum atomic E-state index is 12.7. The van der Waals surface area contributed by atoms with E-state index in [0.717, 1.165) is 11.3 Å². The van der Waals surface area contributed by atoms with Crippen LogP contribution in [0.25, 0.3) is 10.1 Å². The van der Waals surface area contributed by atoms with Crippen LogP contribution in [0.4, 0.5) is 13.2 Å². The zero-order valence-corrected chi connectivity index (χ0v) is 10.0. The minimum absolute atomic E-state index is 0.0720. The Balaban J connectivity index is 2.84. The first-order chi connectivity index (χ1) is 7.43. The molecule has 0 N–H and O–H groups in total. The van der Waals surface area contributed by atoms with E-state index in [-0.39, 0.29) is 16.5 Å². The van der Waals surface area contributed by atoms with Crippen molar-refractivity contribution in [2.24, 2.45) is 0 Å². The molecule has 1 aromatic heterocycles. The van der Waals surface area contributed by atoms with E-state index in [4.69, 9.17) is 0 Å². The van der Waals surface area contributed by atoms with E-state index in [1.807, 2.05) is 0 Å². The highest BCUT2D eigenvalue weighted by molar-refractivity contribution is 9.10. The third-order valence-electron chi connectivity index (χ3n) is 2.07. The summed E-state index contributed by atoms with van der Waals surface area (Å²) in [7, 11) is 0. The summed E-state index contributed by atoms with van der Waals surface area (Å²) in [5.41, 5.74) is -0.838. The molecular formula is C10H4BrF3OS. The van der Waals surface area contributed by atoms with E-state index < -0.39 is 11.7 Å². The van der Waals surface area contributed by atoms with Gasteiger partial charge in [0.25, 0.3) is 0 Å². The predicted octanol–water partition coefficient (Wildman–Crippen LogP) is 4.50. The van der Waals surface area contributed by atoms with E-state index in [1.165, 1.54) is 12.1 Å². The van der Waals surface area contributed by atoms with Gasteiger partial charge in [0.2, 0.25) is 0 Å². The van der Waals surface area contributed by atoms with Gasteiger partial charge in [-0.1, -0.05) is 22.0 Å². The molecule has 84 valence electrons. The van der Waals surface area contributed by atoms with Crippen molar-refractivity contribution >= 4 is 43.6 Å². The van der Waals surface area contributed by atoms with Gasteiger partial charge in [-0.05, 0) is 12.1 Å². The fourth-order valence-electron chi connectivity index (χ4n) is 1.46. The molecule has 0 radical (unpaired) electrons. The van der Waals surface area contributed by atoms with Crippen LogP contribution in [0.1, 0.15) is 15.2 Å². The fraction of sp³-hybridized carbons (Fsp3) is 0.100. The van der Waals surface area contributed by atoms with Crippen LogP contribution in [-0.4, -0.2) is 6.29 Å². The number of fused-ring (bicyclic) bond motifs is 1.